The van der Waals surface area contributed by atoms with Crippen molar-refractivity contribution in [3.05, 3.63) is 340 Å². The molecule has 0 aliphatic rings. The molecular weight excluding hydrogens is 2200 g/mol. The minimum atomic E-state index is -3.89. The molecule has 0 amide bonds. The fraction of sp³-hybridized carbons (Fsp3) is 0.0978. The fourth-order valence-electron chi connectivity index (χ4n) is 13.2. The van der Waals surface area contributed by atoms with Gasteiger partial charge in [0.1, 0.15) is 22.8 Å². The number of carbonyl (C=O) groups excluding carboxylic acids is 2. The highest BCUT2D eigenvalue weighted by Gasteiger charge is 2.28. The number of ketones is 2. The van der Waals surface area contributed by atoms with Gasteiger partial charge in [-0.05, 0) is 263 Å². The van der Waals surface area contributed by atoms with Crippen LogP contribution in [0.5, 0.6) is 0 Å². The molecule has 0 unspecified atom stereocenters. The van der Waals surface area contributed by atoms with Crippen LogP contribution >= 0.6 is 132 Å². The van der Waals surface area contributed by atoms with Gasteiger partial charge in [-0.15, -0.1) is 0 Å². The van der Waals surface area contributed by atoms with Gasteiger partial charge in [-0.25, -0.2) is 92.0 Å². The van der Waals surface area contributed by atoms with E-state index in [1.165, 1.54) is 43.7 Å². The Morgan fingerprint density at radius 1 is 0.474 bits per heavy atom. The van der Waals surface area contributed by atoms with Gasteiger partial charge in [-0.1, -0.05) is 95.2 Å². The number of nitrogens with zero attached hydrogens (tertiary/aromatic N) is 15. The van der Waals surface area contributed by atoms with E-state index in [1.54, 1.807) is 185 Å². The van der Waals surface area contributed by atoms with Crippen molar-refractivity contribution in [2.75, 3.05) is 20.4 Å². The second-order valence-corrected chi connectivity index (χ2v) is 41.9. The molecule has 0 fully saturated rings. The van der Waals surface area contributed by atoms with Gasteiger partial charge < -0.3 is 36.3 Å². The largest absolute Gasteiger partial charge is 0.383 e. The molecule has 4 aromatic carbocycles. The summed E-state index contributed by atoms with van der Waals surface area (Å²) in [4.78, 5) is 85.7. The number of Topliss-reactive ketones (excluding diaryl/α,β-unsaturated/α-hetero) is 1. The lowest BCUT2D eigenvalue weighted by Crippen LogP contribution is -2.18. The quantitative estimate of drug-likeness (QED) is 0.0162. The number of aryl methyl sites for hydroxylation is 5. The molecular formula is C92H77Br6N21O8S6. The summed E-state index contributed by atoms with van der Waals surface area (Å²) < 4.78 is 88.1. The molecule has 0 aliphatic carbocycles. The van der Waals surface area contributed by atoms with Crippen molar-refractivity contribution in [3.8, 4) is 33.8 Å². The van der Waals surface area contributed by atoms with Gasteiger partial charge in [0, 0.05) is 207 Å². The number of carbonyl (C=O) groups is 2. The van der Waals surface area contributed by atoms with Gasteiger partial charge in [0.2, 0.25) is 0 Å². The topological polar surface area (TPSA) is 412 Å². The number of halogens is 6. The van der Waals surface area contributed by atoms with Crippen LogP contribution in [0.15, 0.2) is 316 Å². The molecule has 133 heavy (non-hydrogen) atoms. The van der Waals surface area contributed by atoms with Crippen LogP contribution in [0.3, 0.4) is 0 Å². The minimum absolute atomic E-state index is 0.000000000000000222. The number of hydrogen-bond donors (Lipinski definition) is 6. The third-order valence-corrected chi connectivity index (χ3v) is 27.9. The summed E-state index contributed by atoms with van der Waals surface area (Å²) >= 11 is 30.9. The zero-order valence-electron chi connectivity index (χ0n) is 71.2. The van der Waals surface area contributed by atoms with Crippen molar-refractivity contribution in [2.24, 2.45) is 11.5 Å². The molecule has 0 atom stereocenters. The highest BCUT2D eigenvalue weighted by atomic mass is 79.9. The fourth-order valence-corrected chi connectivity index (χ4v) is 19.7. The summed E-state index contributed by atoms with van der Waals surface area (Å²) in [6.45, 7) is 7.25. The molecule has 676 valence electrons. The van der Waals surface area contributed by atoms with Crippen molar-refractivity contribution >= 4 is 245 Å². The molecule has 0 spiro atoms. The lowest BCUT2D eigenvalue weighted by atomic mass is 10.1. The number of allylic oxidation sites excluding steroid dienone is 1. The molecule has 19 aromatic rings. The van der Waals surface area contributed by atoms with Crippen LogP contribution < -0.4 is 11.5 Å². The first-order valence-corrected chi connectivity index (χ1v) is 50.7. The summed E-state index contributed by atoms with van der Waals surface area (Å²) in [5, 5.41) is 5.50. The smallest absolute Gasteiger partial charge is 0.269 e. The number of thiocarbonyl (C=S) groups is 1. The molecule has 19 rings (SSSR count). The second-order valence-electron chi connectivity index (χ2n) is 29.3. The van der Waals surface area contributed by atoms with Gasteiger partial charge in [-0.3, -0.25) is 9.59 Å². The van der Waals surface area contributed by atoms with Crippen molar-refractivity contribution in [3.63, 3.8) is 0 Å². The first-order chi connectivity index (χ1) is 63.5. The van der Waals surface area contributed by atoms with Gasteiger partial charge >= 0.3 is 0 Å². The summed E-state index contributed by atoms with van der Waals surface area (Å²) in [6, 6.07) is 49.2. The standard InChI is InChI=1S/C19H15BrN4O2S2.C19H15BrN4.C19H18BrN3O3S.C18H13BrN4O2S2.C9H7BrN2O.C7H5BrN2.CH4N2S/c1-12-3-5-14(6-4-12)28(25,26)24-11-16(15-9-13(20)10-22-18(15)24)17-7-8-21-19(23-17)27-2;20-14-10-15-16(12-23-19(15)22-11-14)17-8-9-21-18(24-17)7-6-13-4-2-1-3-5-13;1-13-4-6-15(7-5-13)27(25,26)23-12-17(18(24)8-9-22(2)3)16-10-14(20)11-21-19(16)23;1-11-2-4-13(5-3-11)27(24,25)23-10-15(16-6-7-20-18(26)22-16)14-8-12(19)9-21-17(14)23;1-5(13)8-4-12-9-7(8)2-6(10)3-11-9;8-6-3-5-1-2-9-7(5)10-4-6;2-1(3)4/h3-11H,1-2H3;1-5,8-12H,6-7H2,(H,22,23);4-12H,1-3H3;2-10H,1H3,(H,20,22,26);2-4H,1H3,(H,11,12);1-4H,(H,9,10);(H4,2,3,4)/b;;9-8+;;;;. The van der Waals surface area contributed by atoms with Gasteiger partial charge in [0.05, 0.1) is 37.3 Å². The van der Waals surface area contributed by atoms with Crippen LogP contribution in [0.2, 0.25) is 0 Å². The minimum Gasteiger partial charge on any atom is -0.383 e. The van der Waals surface area contributed by atoms with E-state index in [0.29, 0.717) is 69.9 Å². The highest BCUT2D eigenvalue weighted by Crippen LogP contribution is 2.37. The first-order valence-electron chi connectivity index (χ1n) is 39.6. The third-order valence-electron chi connectivity index (χ3n) is 19.5. The zero-order chi connectivity index (χ0) is 95.2. The maximum atomic E-state index is 13.3. The van der Waals surface area contributed by atoms with Gasteiger partial charge in [0.15, 0.2) is 43.5 Å². The average Bonchev–Trinajstić information content (AvgIpc) is 1.61. The van der Waals surface area contributed by atoms with E-state index in [2.05, 4.69) is 219 Å². The molecule has 8 N–H and O–H groups in total. The summed E-state index contributed by atoms with van der Waals surface area (Å²) in [5.41, 5.74) is 22.5. The Hall–Kier alpha value is -11.9. The zero-order valence-corrected chi connectivity index (χ0v) is 85.6. The van der Waals surface area contributed by atoms with E-state index >= 15 is 0 Å². The number of aromatic amines is 4. The normalized spacial score (nSPS) is 11.3. The Morgan fingerprint density at radius 2 is 0.917 bits per heavy atom. The van der Waals surface area contributed by atoms with E-state index in [4.69, 9.17) is 17.2 Å². The number of aromatic nitrogens is 18. The molecule has 0 bridgehead atoms. The third kappa shape index (κ3) is 24.4. The summed E-state index contributed by atoms with van der Waals surface area (Å²) in [5.74, 6) is 0.603. The number of nitrogens with two attached hydrogens (primary N) is 2. The molecule has 41 heteroatoms. The monoisotopic (exact) mass is 2270 g/mol. The predicted molar refractivity (Wildman–Crippen MR) is 549 cm³/mol. The van der Waals surface area contributed by atoms with Crippen LogP contribution in [0, 0.1) is 25.5 Å². The second kappa shape index (κ2) is 43.9. The molecule has 0 saturated carbocycles. The molecule has 29 nitrogen and oxygen atoms in total. The maximum absolute atomic E-state index is 13.3. The molecule has 0 aliphatic heterocycles. The lowest BCUT2D eigenvalue weighted by Gasteiger charge is -2.07. The highest BCUT2D eigenvalue weighted by molar-refractivity contribution is 9.11. The number of hydrogen-bond acceptors (Lipinski definition) is 23. The van der Waals surface area contributed by atoms with Gasteiger partial charge in [0.25, 0.3) is 30.1 Å². The summed E-state index contributed by atoms with van der Waals surface area (Å²) in [6.07, 6.45) is 31.6. The van der Waals surface area contributed by atoms with Crippen molar-refractivity contribution in [1.29, 1.82) is 0 Å². The van der Waals surface area contributed by atoms with Crippen LogP contribution in [0.1, 0.15) is 55.7 Å². The Labute approximate surface area is 828 Å². The van der Waals surface area contributed by atoms with Crippen molar-refractivity contribution in [2.45, 2.75) is 60.4 Å². The van der Waals surface area contributed by atoms with E-state index in [-0.39, 0.29) is 42.6 Å². The molecule has 15 heterocycles. The number of H-pyrrole nitrogens is 4. The predicted octanol–water partition coefficient (Wildman–Crippen LogP) is 21.2. The van der Waals surface area contributed by atoms with E-state index in [0.717, 1.165) is 106 Å². The average molecular weight is 2280 g/mol. The molecule has 0 radical (unpaired) electrons. The maximum Gasteiger partial charge on any atom is 0.269 e. The van der Waals surface area contributed by atoms with E-state index < -0.39 is 30.1 Å². The number of nitrogens with one attached hydrogen (secondary N) is 4. The number of rotatable bonds is 17. The molecule has 15 aromatic heterocycles. The van der Waals surface area contributed by atoms with Crippen LogP contribution in [0.4, 0.5) is 0 Å². The number of thioether (sulfide) groups is 1. The number of benzene rings is 4. The van der Waals surface area contributed by atoms with E-state index in [1.807, 2.05) is 88.1 Å². The lowest BCUT2D eigenvalue weighted by molar-refractivity contribution is 0.101. The summed E-state index contributed by atoms with van der Waals surface area (Å²) in [7, 11) is -7.91. The van der Waals surface area contributed by atoms with Crippen LogP contribution in [-0.4, -0.2) is 154 Å². The number of pyridine rings is 6. The van der Waals surface area contributed by atoms with Crippen LogP contribution in [-0.2, 0) is 42.9 Å². The number of fused-ring (bicyclic) bond motifs is 6. The van der Waals surface area contributed by atoms with Gasteiger partial charge in [-0.2, -0.15) is 0 Å². The Kier molecular flexibility index (Phi) is 32.5. The first kappa shape index (κ1) is 98.6. The Balaban J connectivity index is 0.000000138. The Morgan fingerprint density at radius 3 is 1.44 bits per heavy atom. The molecule has 0 saturated heterocycles. The SMILES string of the molecule is Brc1cnc2[nH]cc(-c3ccnc(CCc4ccccc4)n3)c2c1.Brc1cnc2[nH]ccc2c1.CC(=O)c1c[nH]c2ncc(Br)cc12.CSc1nccc(-c2cn(S(=O)(=O)c3ccc(C)cc3)c3ncc(Br)cc23)n1.Cc1ccc(S(=O)(=O)n2cc(-c3ccnc(=S)[nH]3)c3cc(Br)cnc32)cc1.Cc1ccc(S(=O)(=O)n2cc(C(=O)/C=C/N(C)C)c3cc(Br)cnc32)cc1.NC(N)=S. The van der Waals surface area contributed by atoms with E-state index in [9.17, 15) is 34.8 Å². The Bertz CT molecular complexity index is 8000. The van der Waals surface area contributed by atoms with Crippen molar-refractivity contribution in [1.82, 2.24) is 91.6 Å². The van der Waals surface area contributed by atoms with Crippen molar-refractivity contribution < 1.29 is 34.8 Å². The van der Waals surface area contributed by atoms with Crippen LogP contribution in [0.25, 0.3) is 100.0 Å².